The van der Waals surface area contributed by atoms with Gasteiger partial charge in [-0.05, 0) is 37.0 Å². The highest BCUT2D eigenvalue weighted by atomic mass is 16.3. The maximum absolute atomic E-state index is 12.8. The third kappa shape index (κ3) is 8.54. The molecule has 0 spiro atoms. The predicted octanol–water partition coefficient (Wildman–Crippen LogP) is 3.02. The van der Waals surface area contributed by atoms with Crippen molar-refractivity contribution in [3.05, 3.63) is 84.4 Å². The minimum atomic E-state index is -1.62. The summed E-state index contributed by atoms with van der Waals surface area (Å²) in [7, 11) is 0. The minimum Gasteiger partial charge on any atom is -0.381 e. The van der Waals surface area contributed by atoms with E-state index in [0.29, 0.717) is 24.0 Å². The fraction of sp³-hybridized carbons (Fsp3) is 0.346. The molecule has 176 valence electrons. The largest absolute Gasteiger partial charge is 0.381 e. The van der Waals surface area contributed by atoms with Crippen LogP contribution in [0, 0.1) is 0 Å². The Morgan fingerprint density at radius 3 is 2.12 bits per heavy atom. The van der Waals surface area contributed by atoms with Crippen LogP contribution in [0.15, 0.2) is 73.3 Å². The van der Waals surface area contributed by atoms with Gasteiger partial charge in [-0.25, -0.2) is 0 Å². The monoisotopic (exact) mass is 451 g/mol. The second kappa shape index (κ2) is 13.9. The highest BCUT2D eigenvalue weighted by Crippen LogP contribution is 2.19. The number of primary amides is 1. The number of hydrogen-bond acceptors (Lipinski definition) is 4. The van der Waals surface area contributed by atoms with Crippen LogP contribution < -0.4 is 16.4 Å². The Kier molecular flexibility index (Phi) is 10.8. The van der Waals surface area contributed by atoms with E-state index < -0.39 is 35.9 Å². The second-order valence-corrected chi connectivity index (χ2v) is 7.92. The zero-order valence-corrected chi connectivity index (χ0v) is 18.8. The molecule has 0 bridgehead atoms. The topological polar surface area (TPSA) is 122 Å². The molecule has 3 atom stereocenters. The van der Waals surface area contributed by atoms with Crippen LogP contribution in [-0.4, -0.2) is 35.0 Å². The van der Waals surface area contributed by atoms with Gasteiger partial charge in [0.2, 0.25) is 5.91 Å². The molecule has 0 fully saturated rings. The first-order valence-electron chi connectivity index (χ1n) is 11.2. The van der Waals surface area contributed by atoms with Crippen molar-refractivity contribution in [3.63, 3.8) is 0 Å². The zero-order chi connectivity index (χ0) is 24.1. The fourth-order valence-electron chi connectivity index (χ4n) is 3.50. The van der Waals surface area contributed by atoms with Gasteiger partial charge >= 0.3 is 0 Å². The maximum Gasteiger partial charge on any atom is 0.252 e. The lowest BCUT2D eigenvalue weighted by atomic mass is 9.99. The van der Waals surface area contributed by atoms with Crippen LogP contribution in [0.3, 0.4) is 0 Å². The van der Waals surface area contributed by atoms with E-state index in [0.717, 1.165) is 25.7 Å². The molecule has 0 aliphatic rings. The van der Waals surface area contributed by atoms with Gasteiger partial charge in [-0.1, -0.05) is 73.9 Å². The van der Waals surface area contributed by atoms with Crippen molar-refractivity contribution in [2.45, 2.75) is 56.7 Å². The number of carbonyl (C=O) groups is 3. The van der Waals surface area contributed by atoms with Gasteiger partial charge in [-0.2, -0.15) is 0 Å². The van der Waals surface area contributed by atoms with Crippen LogP contribution in [0.1, 0.15) is 60.5 Å². The summed E-state index contributed by atoms with van der Waals surface area (Å²) < 4.78 is 0. The number of aliphatic hydroxyl groups is 1. The summed E-state index contributed by atoms with van der Waals surface area (Å²) in [4.78, 5) is 37.4. The van der Waals surface area contributed by atoms with Crippen LogP contribution in [0.2, 0.25) is 0 Å². The molecule has 0 aromatic heterocycles. The smallest absolute Gasteiger partial charge is 0.252 e. The molecule has 0 aliphatic carbocycles. The number of aliphatic hydroxyl groups excluding tert-OH is 1. The Morgan fingerprint density at radius 2 is 1.52 bits per heavy atom. The normalized spacial score (nSPS) is 13.4. The van der Waals surface area contributed by atoms with Crippen LogP contribution in [0.5, 0.6) is 0 Å². The Hall–Kier alpha value is -3.45. The molecule has 3 amide bonds. The van der Waals surface area contributed by atoms with E-state index in [1.54, 1.807) is 60.7 Å². The van der Waals surface area contributed by atoms with E-state index in [4.69, 9.17) is 5.73 Å². The summed E-state index contributed by atoms with van der Waals surface area (Å²) in [6.45, 7) is 3.69. The van der Waals surface area contributed by atoms with E-state index in [2.05, 4.69) is 17.2 Å². The summed E-state index contributed by atoms with van der Waals surface area (Å²) in [6, 6.07) is 15.3. The first-order valence-corrected chi connectivity index (χ1v) is 11.2. The molecule has 7 nitrogen and oxygen atoms in total. The molecule has 7 heteroatoms. The molecule has 2 aromatic rings. The molecule has 0 heterocycles. The summed E-state index contributed by atoms with van der Waals surface area (Å²) >= 11 is 0. The minimum absolute atomic E-state index is 0.383. The van der Waals surface area contributed by atoms with E-state index in [1.165, 1.54) is 0 Å². The summed E-state index contributed by atoms with van der Waals surface area (Å²) in [5, 5.41) is 16.1. The molecular formula is C26H33N3O4. The molecule has 2 rings (SSSR count). The van der Waals surface area contributed by atoms with Crippen LogP contribution >= 0.6 is 0 Å². The van der Waals surface area contributed by atoms with Gasteiger partial charge in [-0.15, -0.1) is 6.58 Å². The fourth-order valence-corrected chi connectivity index (χ4v) is 3.50. The Balaban J connectivity index is 2.06. The molecule has 0 saturated carbocycles. The van der Waals surface area contributed by atoms with Gasteiger partial charge in [0, 0.05) is 5.56 Å². The Labute approximate surface area is 195 Å². The molecule has 0 aliphatic heterocycles. The molecule has 0 saturated heterocycles. The number of nitrogens with two attached hydrogens (primary N) is 1. The van der Waals surface area contributed by atoms with Gasteiger partial charge < -0.3 is 21.5 Å². The van der Waals surface area contributed by atoms with Crippen molar-refractivity contribution in [1.29, 1.82) is 0 Å². The number of rotatable bonds is 14. The van der Waals surface area contributed by atoms with Crippen molar-refractivity contribution in [1.82, 2.24) is 10.6 Å². The number of carbonyl (C=O) groups excluding carboxylic acids is 3. The third-order valence-corrected chi connectivity index (χ3v) is 5.38. The summed E-state index contributed by atoms with van der Waals surface area (Å²) in [6.07, 6.45) is 5.21. The van der Waals surface area contributed by atoms with Gasteiger partial charge in [-0.3, -0.25) is 14.4 Å². The van der Waals surface area contributed by atoms with Crippen LogP contribution in [-0.2, 0) is 9.59 Å². The quantitative estimate of drug-likeness (QED) is 0.260. The lowest BCUT2D eigenvalue weighted by Gasteiger charge is -2.26. The van der Waals surface area contributed by atoms with Gasteiger partial charge in [0.05, 0.1) is 6.04 Å². The predicted molar refractivity (Wildman–Crippen MR) is 128 cm³/mol. The van der Waals surface area contributed by atoms with Crippen molar-refractivity contribution in [2.24, 2.45) is 5.73 Å². The first kappa shape index (κ1) is 25.8. The number of benzene rings is 2. The van der Waals surface area contributed by atoms with Crippen molar-refractivity contribution >= 4 is 17.7 Å². The lowest BCUT2D eigenvalue weighted by Crippen LogP contribution is -2.51. The van der Waals surface area contributed by atoms with E-state index >= 15 is 0 Å². The van der Waals surface area contributed by atoms with Crippen molar-refractivity contribution < 1.29 is 19.5 Å². The SMILES string of the molecule is C=CCCCCCC[C@H](NC(=O)[C@H](O)[C@@H](NC(=O)c1ccccc1)c1ccccc1)C(N)=O. The molecule has 2 aromatic carbocycles. The number of allylic oxidation sites excluding steroid dienone is 1. The summed E-state index contributed by atoms with van der Waals surface area (Å²) in [5.74, 6) is -1.86. The third-order valence-electron chi connectivity index (χ3n) is 5.38. The average molecular weight is 452 g/mol. The molecule has 5 N–H and O–H groups in total. The van der Waals surface area contributed by atoms with E-state index in [9.17, 15) is 19.5 Å². The number of hydrogen-bond donors (Lipinski definition) is 4. The molecule has 33 heavy (non-hydrogen) atoms. The molecular weight excluding hydrogens is 418 g/mol. The van der Waals surface area contributed by atoms with Crippen molar-refractivity contribution in [2.75, 3.05) is 0 Å². The molecule has 0 radical (unpaired) electrons. The van der Waals surface area contributed by atoms with Crippen molar-refractivity contribution in [3.8, 4) is 0 Å². The molecule has 0 unspecified atom stereocenters. The highest BCUT2D eigenvalue weighted by molar-refractivity contribution is 5.95. The van der Waals surface area contributed by atoms with Crippen LogP contribution in [0.25, 0.3) is 0 Å². The second-order valence-electron chi connectivity index (χ2n) is 7.92. The standard InChI is InChI=1S/C26H33N3O4/c1-2-3-4-5-6-13-18-21(24(27)31)28-26(33)23(30)22(19-14-9-7-10-15-19)29-25(32)20-16-11-8-12-17-20/h2,7-12,14-17,21-23,30H,1,3-6,13,18H2,(H2,27,31)(H,28,33)(H,29,32)/t21-,22-,23+/m0/s1. The van der Waals surface area contributed by atoms with Gasteiger partial charge in [0.15, 0.2) is 6.10 Å². The first-order chi connectivity index (χ1) is 15.9. The number of nitrogens with one attached hydrogen (secondary N) is 2. The van der Waals surface area contributed by atoms with Gasteiger partial charge in [0.25, 0.3) is 11.8 Å². The van der Waals surface area contributed by atoms with E-state index in [-0.39, 0.29) is 0 Å². The lowest BCUT2D eigenvalue weighted by molar-refractivity contribution is -0.134. The average Bonchev–Trinajstić information content (AvgIpc) is 2.84. The summed E-state index contributed by atoms with van der Waals surface area (Å²) in [5.41, 5.74) is 6.43. The van der Waals surface area contributed by atoms with E-state index in [1.807, 2.05) is 6.08 Å². The Bertz CT molecular complexity index is 902. The zero-order valence-electron chi connectivity index (χ0n) is 18.8. The van der Waals surface area contributed by atoms with Gasteiger partial charge in [0.1, 0.15) is 6.04 Å². The maximum atomic E-state index is 12.8. The number of amides is 3. The van der Waals surface area contributed by atoms with Crippen LogP contribution in [0.4, 0.5) is 0 Å². The Morgan fingerprint density at radius 1 is 0.909 bits per heavy atom. The highest BCUT2D eigenvalue weighted by Gasteiger charge is 2.31. The number of unbranched alkanes of at least 4 members (excludes halogenated alkanes) is 4.